The van der Waals surface area contributed by atoms with E-state index in [1.165, 1.54) is 16.5 Å². The van der Waals surface area contributed by atoms with Gasteiger partial charge < -0.3 is 4.90 Å². The Kier molecular flexibility index (Phi) is 6.64. The van der Waals surface area contributed by atoms with E-state index in [0.717, 1.165) is 23.1 Å². The Morgan fingerprint density at radius 2 is 1.82 bits per heavy atom. The predicted octanol–water partition coefficient (Wildman–Crippen LogP) is 6.13. The summed E-state index contributed by atoms with van der Waals surface area (Å²) >= 11 is 0. The van der Waals surface area contributed by atoms with E-state index in [9.17, 15) is 17.6 Å². The molecule has 39 heavy (non-hydrogen) atoms. The average molecular weight is 537 g/mol. The molecule has 0 unspecified atom stereocenters. The summed E-state index contributed by atoms with van der Waals surface area (Å²) in [6, 6.07) is 11.1. The molecular formula is C28H21F5N6. The molecular weight excluding hydrogens is 515 g/mol. The van der Waals surface area contributed by atoms with Crippen LogP contribution in [0.2, 0.25) is 0 Å². The fourth-order valence-electron chi connectivity index (χ4n) is 4.27. The molecule has 0 amide bonds. The van der Waals surface area contributed by atoms with Crippen molar-refractivity contribution >= 4 is 28.2 Å². The topological polar surface area (TPSA) is 59.2 Å². The van der Waals surface area contributed by atoms with Gasteiger partial charge in [0, 0.05) is 17.4 Å². The smallest absolute Gasteiger partial charge is 0.257 e. The number of anilines is 2. The third kappa shape index (κ3) is 4.97. The van der Waals surface area contributed by atoms with E-state index in [0.29, 0.717) is 11.5 Å². The fraction of sp³-hybridized carbons (Fsp3) is 0.214. The van der Waals surface area contributed by atoms with Gasteiger partial charge in [-0.2, -0.15) is 4.98 Å². The second-order valence-electron chi connectivity index (χ2n) is 9.36. The monoisotopic (exact) mass is 536 g/mol. The first kappa shape index (κ1) is 26.0. The van der Waals surface area contributed by atoms with E-state index in [2.05, 4.69) is 32.0 Å². The number of pyridine rings is 1. The quantitative estimate of drug-likeness (QED) is 0.200. The van der Waals surface area contributed by atoms with Crippen LogP contribution in [0.3, 0.4) is 0 Å². The summed E-state index contributed by atoms with van der Waals surface area (Å²) in [6.45, 7) is 4.28. The molecule has 0 aliphatic carbocycles. The third-order valence-electron chi connectivity index (χ3n) is 6.15. The van der Waals surface area contributed by atoms with E-state index < -0.39 is 35.8 Å². The second kappa shape index (κ2) is 9.94. The molecule has 0 fully saturated rings. The number of fused-ring (bicyclic) bond motifs is 3. The number of aryl methyl sites for hydroxylation is 1. The molecule has 3 heterocycles. The lowest BCUT2D eigenvalue weighted by atomic mass is 9.89. The van der Waals surface area contributed by atoms with Gasteiger partial charge in [0.05, 0.1) is 28.6 Å². The minimum Gasteiger partial charge on any atom is -0.320 e. The number of hydrogen-bond donors (Lipinski definition) is 0. The van der Waals surface area contributed by atoms with Crippen molar-refractivity contribution in [2.24, 2.45) is 0 Å². The molecule has 0 saturated carbocycles. The van der Waals surface area contributed by atoms with Crippen molar-refractivity contribution in [3.63, 3.8) is 0 Å². The molecule has 0 bridgehead atoms. The van der Waals surface area contributed by atoms with Gasteiger partial charge in [-0.15, -0.1) is 10.2 Å². The second-order valence-corrected chi connectivity index (χ2v) is 9.36. The Labute approximate surface area is 220 Å². The van der Waals surface area contributed by atoms with Crippen LogP contribution in [-0.4, -0.2) is 37.5 Å². The molecule has 5 rings (SSSR count). The van der Waals surface area contributed by atoms with E-state index in [-0.39, 0.29) is 33.7 Å². The van der Waals surface area contributed by atoms with E-state index in [4.69, 9.17) is 0 Å². The summed E-state index contributed by atoms with van der Waals surface area (Å²) in [5.74, 6) is 2.63. The van der Waals surface area contributed by atoms with Gasteiger partial charge in [0.25, 0.3) is 12.2 Å². The van der Waals surface area contributed by atoms with Crippen LogP contribution >= 0.6 is 0 Å². The Bertz CT molecular complexity index is 1760. The number of nitrogens with zero attached hydrogens (tertiary/aromatic N) is 6. The van der Waals surface area contributed by atoms with Gasteiger partial charge in [-0.25, -0.2) is 22.0 Å². The maximum absolute atomic E-state index is 15.2. The zero-order valence-corrected chi connectivity index (χ0v) is 21.1. The highest BCUT2D eigenvalue weighted by molar-refractivity contribution is 5.94. The molecule has 0 aliphatic rings. The summed E-state index contributed by atoms with van der Waals surface area (Å²) in [4.78, 5) is 9.49. The predicted molar refractivity (Wildman–Crippen MR) is 136 cm³/mol. The lowest BCUT2D eigenvalue weighted by Crippen LogP contribution is -2.26. The zero-order chi connectivity index (χ0) is 27.9. The lowest BCUT2D eigenvalue weighted by molar-refractivity contribution is 0.158. The van der Waals surface area contributed by atoms with Crippen LogP contribution in [0.1, 0.15) is 30.9 Å². The van der Waals surface area contributed by atoms with Gasteiger partial charge in [-0.05, 0) is 63.2 Å². The Morgan fingerprint density at radius 3 is 2.54 bits per heavy atom. The van der Waals surface area contributed by atoms with Crippen molar-refractivity contribution in [3.05, 3.63) is 89.3 Å². The Hall–Kier alpha value is -4.59. The summed E-state index contributed by atoms with van der Waals surface area (Å²) in [5, 5.41) is 7.47. The molecule has 3 aromatic heterocycles. The molecule has 11 heteroatoms. The summed E-state index contributed by atoms with van der Waals surface area (Å²) in [6.07, 6.45) is -1.30. The highest BCUT2D eigenvalue weighted by atomic mass is 19.3. The van der Waals surface area contributed by atoms with Crippen molar-refractivity contribution < 1.29 is 22.0 Å². The largest absolute Gasteiger partial charge is 0.320 e. The highest BCUT2D eigenvalue weighted by Crippen LogP contribution is 2.35. The SMILES string of the molecule is Cc1nnc2nc(N(CC(F)F)c3cc(F)cc(C#CC(C)(C)c4ccccn4)c3)c3c(F)c(F)ccc3n12. The number of halogens is 5. The van der Waals surface area contributed by atoms with Gasteiger partial charge in [0.2, 0.25) is 0 Å². The van der Waals surface area contributed by atoms with Crippen molar-refractivity contribution in [3.8, 4) is 11.8 Å². The Morgan fingerprint density at radius 1 is 1.03 bits per heavy atom. The molecule has 0 saturated heterocycles. The fourth-order valence-corrected chi connectivity index (χ4v) is 4.27. The van der Waals surface area contributed by atoms with E-state index in [1.54, 1.807) is 19.2 Å². The first-order valence-corrected chi connectivity index (χ1v) is 11.9. The maximum Gasteiger partial charge on any atom is 0.257 e. The molecule has 0 radical (unpaired) electrons. The number of benzene rings is 2. The minimum atomic E-state index is -2.94. The first-order valence-electron chi connectivity index (χ1n) is 11.9. The molecule has 0 aliphatic heterocycles. The molecule has 0 N–H and O–H groups in total. The summed E-state index contributed by atoms with van der Waals surface area (Å²) in [5.41, 5.74) is 0.213. The van der Waals surface area contributed by atoms with Gasteiger partial charge in [0.1, 0.15) is 17.5 Å². The normalized spacial score (nSPS) is 11.7. The van der Waals surface area contributed by atoms with Gasteiger partial charge in [0.15, 0.2) is 11.6 Å². The molecule has 2 aromatic carbocycles. The maximum atomic E-state index is 15.2. The zero-order valence-electron chi connectivity index (χ0n) is 21.1. The van der Waals surface area contributed by atoms with Gasteiger partial charge >= 0.3 is 0 Å². The van der Waals surface area contributed by atoms with Crippen LogP contribution in [-0.2, 0) is 5.41 Å². The Balaban J connectivity index is 1.70. The van der Waals surface area contributed by atoms with Crippen LogP contribution in [0, 0.1) is 36.2 Å². The molecule has 5 aromatic rings. The molecule has 6 nitrogen and oxygen atoms in total. The standard InChI is InChI=1S/C28H21F5N6/c1-16-36-37-27-35-26(24-21(39(16)27)8-7-20(30)25(24)33)38(15-23(31)32)19-13-17(12-18(29)14-19)9-10-28(2,3)22-6-4-5-11-34-22/h4-8,11-14,23H,15H2,1-3H3. The molecule has 0 spiro atoms. The number of alkyl halides is 2. The van der Waals surface area contributed by atoms with Crippen molar-refractivity contribution in [1.82, 2.24) is 24.6 Å². The third-order valence-corrected chi connectivity index (χ3v) is 6.15. The van der Waals surface area contributed by atoms with Gasteiger partial charge in [-0.3, -0.25) is 9.38 Å². The summed E-state index contributed by atoms with van der Waals surface area (Å²) in [7, 11) is 0. The van der Waals surface area contributed by atoms with E-state index in [1.807, 2.05) is 26.0 Å². The van der Waals surface area contributed by atoms with E-state index >= 15 is 4.39 Å². The highest BCUT2D eigenvalue weighted by Gasteiger charge is 2.26. The van der Waals surface area contributed by atoms with Crippen LogP contribution in [0.25, 0.3) is 16.7 Å². The van der Waals surface area contributed by atoms with Crippen molar-refractivity contribution in [2.75, 3.05) is 11.4 Å². The van der Waals surface area contributed by atoms with Crippen LogP contribution in [0.15, 0.2) is 54.7 Å². The number of hydrogen-bond acceptors (Lipinski definition) is 5. The van der Waals surface area contributed by atoms with Gasteiger partial charge in [-0.1, -0.05) is 17.9 Å². The van der Waals surface area contributed by atoms with Crippen LogP contribution in [0.4, 0.5) is 33.5 Å². The van der Waals surface area contributed by atoms with Crippen molar-refractivity contribution in [1.29, 1.82) is 0 Å². The van der Waals surface area contributed by atoms with Crippen LogP contribution in [0.5, 0.6) is 0 Å². The van der Waals surface area contributed by atoms with Crippen molar-refractivity contribution in [2.45, 2.75) is 32.6 Å². The molecule has 0 atom stereocenters. The lowest BCUT2D eigenvalue weighted by Gasteiger charge is -2.25. The summed E-state index contributed by atoms with van der Waals surface area (Å²) < 4.78 is 73.5. The first-order chi connectivity index (χ1) is 18.5. The average Bonchev–Trinajstić information content (AvgIpc) is 3.28. The van der Waals surface area contributed by atoms with Crippen LogP contribution < -0.4 is 4.90 Å². The molecule has 198 valence electrons. The minimum absolute atomic E-state index is 0.0196. The number of rotatable bonds is 5. The number of aromatic nitrogens is 5.